The molecular formula is C14H19Cl2NO. The molecule has 0 spiro atoms. The number of rotatable bonds is 3. The van der Waals surface area contributed by atoms with Crippen LogP contribution in [0.4, 0.5) is 0 Å². The number of halogens is 2. The minimum atomic E-state index is 0.151. The number of hydrogen-bond acceptors (Lipinski definition) is 2. The van der Waals surface area contributed by atoms with Crippen molar-refractivity contribution >= 4 is 23.2 Å². The molecule has 0 aromatic heterocycles. The molecule has 0 saturated heterocycles. The van der Waals surface area contributed by atoms with Crippen LogP contribution in [-0.4, -0.2) is 12.1 Å². The van der Waals surface area contributed by atoms with Crippen molar-refractivity contribution in [2.24, 2.45) is 5.73 Å². The molecule has 1 fully saturated rings. The average molecular weight is 288 g/mol. The second kappa shape index (κ2) is 6.76. The Morgan fingerprint density at radius 3 is 2.72 bits per heavy atom. The van der Waals surface area contributed by atoms with Gasteiger partial charge in [0.1, 0.15) is 0 Å². The Morgan fingerprint density at radius 1 is 1.17 bits per heavy atom. The third-order valence-corrected chi connectivity index (χ3v) is 4.06. The third kappa shape index (κ3) is 3.86. The van der Waals surface area contributed by atoms with Crippen molar-refractivity contribution in [3.63, 3.8) is 0 Å². The van der Waals surface area contributed by atoms with Gasteiger partial charge in [-0.25, -0.2) is 0 Å². The summed E-state index contributed by atoms with van der Waals surface area (Å²) in [6, 6.07) is 5.64. The van der Waals surface area contributed by atoms with Crippen LogP contribution >= 0.6 is 23.2 Å². The minimum absolute atomic E-state index is 0.151. The summed E-state index contributed by atoms with van der Waals surface area (Å²) in [6.45, 7) is 0.508. The van der Waals surface area contributed by atoms with Crippen molar-refractivity contribution < 1.29 is 4.74 Å². The quantitative estimate of drug-likeness (QED) is 0.847. The first-order chi connectivity index (χ1) is 8.66. The topological polar surface area (TPSA) is 35.2 Å². The number of nitrogens with two attached hydrogens (primary N) is 1. The first-order valence-corrected chi connectivity index (χ1v) is 7.23. The third-order valence-electron chi connectivity index (χ3n) is 3.47. The van der Waals surface area contributed by atoms with Crippen molar-refractivity contribution in [3.05, 3.63) is 33.8 Å². The summed E-state index contributed by atoms with van der Waals surface area (Å²) in [4.78, 5) is 0. The molecule has 2 atom stereocenters. The van der Waals surface area contributed by atoms with Gasteiger partial charge in [0.05, 0.1) is 12.7 Å². The Balaban J connectivity index is 1.93. The van der Waals surface area contributed by atoms with Gasteiger partial charge in [-0.15, -0.1) is 0 Å². The lowest BCUT2D eigenvalue weighted by atomic mass is 10.1. The lowest BCUT2D eigenvalue weighted by Crippen LogP contribution is -2.35. The molecule has 4 heteroatoms. The van der Waals surface area contributed by atoms with Gasteiger partial charge >= 0.3 is 0 Å². The maximum absolute atomic E-state index is 6.13. The smallest absolute Gasteiger partial charge is 0.0735 e. The van der Waals surface area contributed by atoms with E-state index in [0.717, 1.165) is 18.4 Å². The Morgan fingerprint density at radius 2 is 1.94 bits per heavy atom. The van der Waals surface area contributed by atoms with Crippen LogP contribution in [0.2, 0.25) is 10.0 Å². The Kier molecular flexibility index (Phi) is 5.31. The van der Waals surface area contributed by atoms with E-state index in [9.17, 15) is 0 Å². The SMILES string of the molecule is NC1CCCCCC1OCc1ccc(Cl)cc1Cl. The van der Waals surface area contributed by atoms with Gasteiger partial charge in [0.2, 0.25) is 0 Å². The highest BCUT2D eigenvalue weighted by molar-refractivity contribution is 6.35. The molecule has 100 valence electrons. The summed E-state index contributed by atoms with van der Waals surface area (Å²) in [6.07, 6.45) is 5.93. The zero-order valence-electron chi connectivity index (χ0n) is 10.4. The lowest BCUT2D eigenvalue weighted by molar-refractivity contribution is 0.0195. The maximum atomic E-state index is 6.13. The molecule has 2 N–H and O–H groups in total. The summed E-state index contributed by atoms with van der Waals surface area (Å²) in [5.41, 5.74) is 7.10. The zero-order chi connectivity index (χ0) is 13.0. The molecule has 1 aromatic carbocycles. The normalized spacial score (nSPS) is 24.8. The van der Waals surface area contributed by atoms with Gasteiger partial charge in [-0.05, 0) is 30.5 Å². The molecule has 2 nitrogen and oxygen atoms in total. The molecule has 2 rings (SSSR count). The van der Waals surface area contributed by atoms with E-state index in [4.69, 9.17) is 33.7 Å². The summed E-state index contributed by atoms with van der Waals surface area (Å²) in [5, 5.41) is 1.31. The summed E-state index contributed by atoms with van der Waals surface area (Å²) in [7, 11) is 0. The number of ether oxygens (including phenoxy) is 1. The molecule has 1 aliphatic carbocycles. The van der Waals surface area contributed by atoms with Gasteiger partial charge in [-0.1, -0.05) is 48.5 Å². The van der Waals surface area contributed by atoms with Gasteiger partial charge in [0.25, 0.3) is 0 Å². The summed E-state index contributed by atoms with van der Waals surface area (Å²) < 4.78 is 5.93. The van der Waals surface area contributed by atoms with Gasteiger partial charge < -0.3 is 10.5 Å². The molecule has 1 aromatic rings. The summed E-state index contributed by atoms with van der Waals surface area (Å²) >= 11 is 12.0. The molecule has 2 unspecified atom stereocenters. The molecule has 1 saturated carbocycles. The standard InChI is InChI=1S/C14H19Cl2NO/c15-11-7-6-10(12(16)8-11)9-18-14-5-3-1-2-4-13(14)17/h6-8,13-14H,1-5,9,17H2. The molecule has 0 aliphatic heterocycles. The average Bonchev–Trinajstić information content (AvgIpc) is 2.53. The molecule has 0 amide bonds. The van der Waals surface area contributed by atoms with E-state index in [1.165, 1.54) is 19.3 Å². The van der Waals surface area contributed by atoms with E-state index >= 15 is 0 Å². The van der Waals surface area contributed by atoms with Gasteiger partial charge in [-0.2, -0.15) is 0 Å². The van der Waals surface area contributed by atoms with Crippen LogP contribution < -0.4 is 5.73 Å². The summed E-state index contributed by atoms with van der Waals surface area (Å²) in [5.74, 6) is 0. The Bertz CT molecular complexity index is 397. The van der Waals surface area contributed by atoms with Crippen molar-refractivity contribution in [3.8, 4) is 0 Å². The van der Waals surface area contributed by atoms with Gasteiger partial charge in [0, 0.05) is 16.1 Å². The van der Waals surface area contributed by atoms with E-state index < -0.39 is 0 Å². The first kappa shape index (κ1) is 14.1. The van der Waals surface area contributed by atoms with Crippen molar-refractivity contribution in [1.82, 2.24) is 0 Å². The number of benzene rings is 1. The van der Waals surface area contributed by atoms with Crippen LogP contribution in [0.25, 0.3) is 0 Å². The molecule has 0 heterocycles. The first-order valence-electron chi connectivity index (χ1n) is 6.48. The van der Waals surface area contributed by atoms with E-state index in [1.807, 2.05) is 12.1 Å². The molecule has 18 heavy (non-hydrogen) atoms. The zero-order valence-corrected chi connectivity index (χ0v) is 11.9. The highest BCUT2D eigenvalue weighted by atomic mass is 35.5. The van der Waals surface area contributed by atoms with Crippen LogP contribution in [0.1, 0.15) is 37.7 Å². The minimum Gasteiger partial charge on any atom is -0.372 e. The van der Waals surface area contributed by atoms with Crippen LogP contribution in [0.3, 0.4) is 0 Å². The van der Waals surface area contributed by atoms with Gasteiger partial charge in [0.15, 0.2) is 0 Å². The fourth-order valence-corrected chi connectivity index (χ4v) is 2.81. The predicted molar refractivity (Wildman–Crippen MR) is 76.1 cm³/mol. The van der Waals surface area contributed by atoms with E-state index in [2.05, 4.69) is 0 Å². The van der Waals surface area contributed by atoms with E-state index in [0.29, 0.717) is 16.7 Å². The fourth-order valence-electron chi connectivity index (χ4n) is 2.34. The Hall–Kier alpha value is -0.280. The monoisotopic (exact) mass is 287 g/mol. The van der Waals surface area contributed by atoms with E-state index in [1.54, 1.807) is 6.07 Å². The second-order valence-corrected chi connectivity index (χ2v) is 5.73. The van der Waals surface area contributed by atoms with Crippen molar-refractivity contribution in [2.45, 2.75) is 50.9 Å². The lowest BCUT2D eigenvalue weighted by Gasteiger charge is -2.22. The van der Waals surface area contributed by atoms with Crippen LogP contribution in [0.5, 0.6) is 0 Å². The fraction of sp³-hybridized carbons (Fsp3) is 0.571. The van der Waals surface area contributed by atoms with Gasteiger partial charge in [-0.3, -0.25) is 0 Å². The van der Waals surface area contributed by atoms with Crippen molar-refractivity contribution in [2.75, 3.05) is 0 Å². The predicted octanol–water partition coefficient (Wildman–Crippen LogP) is 4.17. The second-order valence-electron chi connectivity index (χ2n) is 4.89. The van der Waals surface area contributed by atoms with Crippen LogP contribution in [0, 0.1) is 0 Å². The van der Waals surface area contributed by atoms with Crippen LogP contribution in [0.15, 0.2) is 18.2 Å². The van der Waals surface area contributed by atoms with E-state index in [-0.39, 0.29) is 12.1 Å². The maximum Gasteiger partial charge on any atom is 0.0735 e. The largest absolute Gasteiger partial charge is 0.372 e. The molecule has 1 aliphatic rings. The molecular weight excluding hydrogens is 269 g/mol. The molecule has 0 bridgehead atoms. The highest BCUT2D eigenvalue weighted by Gasteiger charge is 2.21. The number of hydrogen-bond donors (Lipinski definition) is 1. The molecule has 0 radical (unpaired) electrons. The van der Waals surface area contributed by atoms with Crippen molar-refractivity contribution in [1.29, 1.82) is 0 Å². The highest BCUT2D eigenvalue weighted by Crippen LogP contribution is 2.24. The Labute approximate surface area is 118 Å². The van der Waals surface area contributed by atoms with Crippen LogP contribution in [-0.2, 0) is 11.3 Å².